The third kappa shape index (κ3) is 3.75. The lowest BCUT2D eigenvalue weighted by Gasteiger charge is -2.32. The maximum Gasteiger partial charge on any atom is 0.00136 e. The summed E-state index contributed by atoms with van der Waals surface area (Å²) in [6.45, 7) is 16.2. The third-order valence-electron chi connectivity index (χ3n) is 3.08. The van der Waals surface area contributed by atoms with Crippen molar-refractivity contribution >= 4 is 12.6 Å². The zero-order chi connectivity index (χ0) is 12.1. The van der Waals surface area contributed by atoms with Crippen molar-refractivity contribution in [3.05, 3.63) is 47.9 Å². The van der Waals surface area contributed by atoms with Crippen LogP contribution in [0.5, 0.6) is 0 Å². The van der Waals surface area contributed by atoms with Crippen LogP contribution in [-0.2, 0) is 0 Å². The first-order chi connectivity index (χ1) is 6.87. The Kier molecular flexibility index (Phi) is 5.74. The topological polar surface area (TPSA) is 0 Å². The van der Waals surface area contributed by atoms with E-state index in [1.807, 2.05) is 6.08 Å². The lowest BCUT2D eigenvalue weighted by Crippen LogP contribution is -2.22. The molecule has 0 fully saturated rings. The molecule has 1 unspecified atom stereocenters. The van der Waals surface area contributed by atoms with Crippen molar-refractivity contribution in [1.82, 2.24) is 0 Å². The summed E-state index contributed by atoms with van der Waals surface area (Å²) in [6, 6.07) is 0. The van der Waals surface area contributed by atoms with E-state index in [-0.39, 0.29) is 5.41 Å². The molecule has 0 spiro atoms. The smallest absolute Gasteiger partial charge is 0.00136 e. The van der Waals surface area contributed by atoms with E-state index in [1.165, 1.54) is 5.57 Å². The predicted molar refractivity (Wildman–Crippen MR) is 74.2 cm³/mol. The summed E-state index contributed by atoms with van der Waals surface area (Å²) >= 11 is 4.38. The van der Waals surface area contributed by atoms with Gasteiger partial charge in [-0.3, -0.25) is 0 Å². The van der Waals surface area contributed by atoms with E-state index in [0.717, 1.165) is 4.91 Å². The number of thiol groups is 1. The Labute approximate surface area is 99.9 Å². The Balaban J connectivity index is 4.97. The van der Waals surface area contributed by atoms with Gasteiger partial charge in [0.25, 0.3) is 0 Å². The highest BCUT2D eigenvalue weighted by atomic mass is 32.1. The molecule has 15 heavy (non-hydrogen) atoms. The van der Waals surface area contributed by atoms with Crippen LogP contribution in [0.25, 0.3) is 0 Å². The van der Waals surface area contributed by atoms with Crippen molar-refractivity contribution in [3.63, 3.8) is 0 Å². The fourth-order valence-corrected chi connectivity index (χ4v) is 1.53. The molecule has 0 radical (unpaired) electrons. The van der Waals surface area contributed by atoms with Crippen molar-refractivity contribution in [2.24, 2.45) is 11.3 Å². The van der Waals surface area contributed by atoms with Crippen LogP contribution in [0, 0.1) is 11.3 Å². The van der Waals surface area contributed by atoms with Gasteiger partial charge in [-0.2, -0.15) is 0 Å². The van der Waals surface area contributed by atoms with Gasteiger partial charge in [0, 0.05) is 5.41 Å². The van der Waals surface area contributed by atoms with Gasteiger partial charge in [-0.1, -0.05) is 58.2 Å². The Morgan fingerprint density at radius 2 is 1.93 bits per heavy atom. The van der Waals surface area contributed by atoms with Crippen LogP contribution >= 0.6 is 12.6 Å². The molecule has 0 aliphatic rings. The first kappa shape index (κ1) is 14.3. The first-order valence-electron chi connectivity index (χ1n) is 5.21. The second-order valence-corrected chi connectivity index (χ2v) is 4.81. The van der Waals surface area contributed by atoms with Gasteiger partial charge < -0.3 is 0 Å². The normalized spacial score (nSPS) is 15.4. The Morgan fingerprint density at radius 3 is 2.27 bits per heavy atom. The van der Waals surface area contributed by atoms with Gasteiger partial charge >= 0.3 is 0 Å². The summed E-state index contributed by atoms with van der Waals surface area (Å²) in [5, 5.41) is 0. The molecule has 1 heteroatoms. The van der Waals surface area contributed by atoms with E-state index in [2.05, 4.69) is 65.6 Å². The van der Waals surface area contributed by atoms with Gasteiger partial charge in [-0.25, -0.2) is 0 Å². The van der Waals surface area contributed by atoms with Crippen LogP contribution in [0.2, 0.25) is 0 Å². The SMILES string of the molecule is C=C/C=C\C(=C/C)C(C)C(C)(C)C(=C)S. The summed E-state index contributed by atoms with van der Waals surface area (Å²) in [4.78, 5) is 0.918. The quantitative estimate of drug-likeness (QED) is 0.502. The summed E-state index contributed by atoms with van der Waals surface area (Å²) in [6.07, 6.45) is 7.97. The van der Waals surface area contributed by atoms with Gasteiger partial charge in [-0.15, -0.1) is 12.6 Å². The number of hydrogen-bond acceptors (Lipinski definition) is 1. The van der Waals surface area contributed by atoms with E-state index in [0.29, 0.717) is 5.92 Å². The van der Waals surface area contributed by atoms with Crippen molar-refractivity contribution in [1.29, 1.82) is 0 Å². The average Bonchev–Trinajstić information content (AvgIpc) is 2.18. The Bertz CT molecular complexity index is 292. The summed E-state index contributed by atoms with van der Waals surface area (Å²) in [5.74, 6) is 0.392. The molecule has 0 rings (SSSR count). The molecule has 0 saturated heterocycles. The molecule has 0 aromatic heterocycles. The summed E-state index contributed by atoms with van der Waals surface area (Å²) < 4.78 is 0. The molecule has 0 saturated carbocycles. The predicted octanol–water partition coefficient (Wildman–Crippen LogP) is 4.78. The summed E-state index contributed by atoms with van der Waals surface area (Å²) in [7, 11) is 0. The van der Waals surface area contributed by atoms with E-state index >= 15 is 0 Å². The molecular weight excluding hydrogens is 200 g/mol. The van der Waals surface area contributed by atoms with Crippen molar-refractivity contribution in [3.8, 4) is 0 Å². The highest BCUT2D eigenvalue weighted by Crippen LogP contribution is 2.40. The van der Waals surface area contributed by atoms with Crippen LogP contribution < -0.4 is 0 Å². The fraction of sp³-hybridized carbons (Fsp3) is 0.429. The molecule has 0 amide bonds. The zero-order valence-corrected chi connectivity index (χ0v) is 11.1. The second kappa shape index (κ2) is 6.02. The summed E-state index contributed by atoms with van der Waals surface area (Å²) in [5.41, 5.74) is 1.28. The second-order valence-electron chi connectivity index (χ2n) is 4.27. The van der Waals surface area contributed by atoms with Crippen LogP contribution in [0.4, 0.5) is 0 Å². The lowest BCUT2D eigenvalue weighted by atomic mass is 9.75. The highest BCUT2D eigenvalue weighted by Gasteiger charge is 2.28. The standard InChI is InChI=1S/C14H22S/c1-7-9-10-13(8-2)11(3)14(5,6)12(4)15/h7-11,15H,1,4H2,2-3,5-6H3/b10-9-,13-8+. The van der Waals surface area contributed by atoms with Crippen LogP contribution in [0.3, 0.4) is 0 Å². The van der Waals surface area contributed by atoms with Crippen LogP contribution in [0.1, 0.15) is 27.7 Å². The maximum absolute atomic E-state index is 4.38. The number of rotatable bonds is 5. The van der Waals surface area contributed by atoms with E-state index in [4.69, 9.17) is 0 Å². The van der Waals surface area contributed by atoms with Crippen molar-refractivity contribution in [2.75, 3.05) is 0 Å². The Hall–Kier alpha value is -0.690. The van der Waals surface area contributed by atoms with Gasteiger partial charge in [0.1, 0.15) is 0 Å². The van der Waals surface area contributed by atoms with Gasteiger partial charge in [0.15, 0.2) is 0 Å². The molecule has 0 nitrogen and oxygen atoms in total. The van der Waals surface area contributed by atoms with Gasteiger partial charge in [0.2, 0.25) is 0 Å². The number of hydrogen-bond donors (Lipinski definition) is 1. The monoisotopic (exact) mass is 222 g/mol. The molecule has 0 N–H and O–H groups in total. The third-order valence-corrected chi connectivity index (χ3v) is 3.66. The Morgan fingerprint density at radius 1 is 1.40 bits per heavy atom. The molecule has 1 atom stereocenters. The highest BCUT2D eigenvalue weighted by molar-refractivity contribution is 7.84. The zero-order valence-electron chi connectivity index (χ0n) is 10.2. The van der Waals surface area contributed by atoms with E-state index < -0.39 is 0 Å². The molecule has 0 bridgehead atoms. The fourth-order valence-electron chi connectivity index (χ4n) is 1.34. The minimum atomic E-state index is -0.00351. The maximum atomic E-state index is 4.38. The number of allylic oxidation sites excluding steroid dienone is 6. The minimum absolute atomic E-state index is 0.00351. The van der Waals surface area contributed by atoms with Gasteiger partial charge in [-0.05, 0) is 23.3 Å². The molecule has 0 aliphatic carbocycles. The lowest BCUT2D eigenvalue weighted by molar-refractivity contribution is 0.351. The van der Waals surface area contributed by atoms with E-state index in [9.17, 15) is 0 Å². The van der Waals surface area contributed by atoms with Crippen molar-refractivity contribution < 1.29 is 0 Å². The average molecular weight is 222 g/mol. The molecule has 0 aromatic carbocycles. The molecular formula is C14H22S. The van der Waals surface area contributed by atoms with Crippen LogP contribution in [-0.4, -0.2) is 0 Å². The molecule has 0 aliphatic heterocycles. The van der Waals surface area contributed by atoms with Crippen LogP contribution in [0.15, 0.2) is 47.9 Å². The molecule has 0 aromatic rings. The molecule has 84 valence electrons. The largest absolute Gasteiger partial charge is 0.148 e. The van der Waals surface area contributed by atoms with E-state index in [1.54, 1.807) is 6.08 Å². The minimum Gasteiger partial charge on any atom is -0.148 e. The molecule has 0 heterocycles. The first-order valence-corrected chi connectivity index (χ1v) is 5.66. The van der Waals surface area contributed by atoms with Gasteiger partial charge in [0.05, 0.1) is 0 Å². The van der Waals surface area contributed by atoms with Crippen molar-refractivity contribution in [2.45, 2.75) is 27.7 Å².